The maximum atomic E-state index is 12.9. The van der Waals surface area contributed by atoms with Crippen LogP contribution in [0.15, 0.2) is 36.4 Å². The molecule has 30 heavy (non-hydrogen) atoms. The molecule has 0 unspecified atom stereocenters. The van der Waals surface area contributed by atoms with Crippen LogP contribution in [0.5, 0.6) is 0 Å². The molecule has 2 aromatic carbocycles. The average Bonchev–Trinajstić information content (AvgIpc) is 3.07. The van der Waals surface area contributed by atoms with Crippen LogP contribution in [0.4, 0.5) is 17.1 Å². The molecule has 0 spiro atoms. The van der Waals surface area contributed by atoms with Crippen LogP contribution >= 0.6 is 23.2 Å². The molecular weight excluding hydrogens is 449 g/mol. The summed E-state index contributed by atoms with van der Waals surface area (Å²) >= 11 is 12.5. The Hall–Kier alpha value is -2.00. The van der Waals surface area contributed by atoms with Crippen molar-refractivity contribution in [3.8, 4) is 0 Å². The first-order chi connectivity index (χ1) is 14.3. The fourth-order valence-electron chi connectivity index (χ4n) is 3.62. The molecule has 10 heteroatoms. The molecule has 0 bridgehead atoms. The van der Waals surface area contributed by atoms with Crippen LogP contribution in [0, 0.1) is 0 Å². The molecule has 2 aliphatic rings. The number of halogens is 2. The number of hydrogen-bond acceptors (Lipinski definition) is 5. The van der Waals surface area contributed by atoms with Gasteiger partial charge in [0.15, 0.2) is 0 Å². The number of hydrogen-bond donors (Lipinski definition) is 1. The van der Waals surface area contributed by atoms with Crippen molar-refractivity contribution in [3.63, 3.8) is 0 Å². The van der Waals surface area contributed by atoms with E-state index in [1.165, 1.54) is 16.4 Å². The Morgan fingerprint density at radius 2 is 1.77 bits per heavy atom. The molecule has 160 valence electrons. The largest absolute Gasteiger partial charge is 0.378 e. The summed E-state index contributed by atoms with van der Waals surface area (Å²) < 4.78 is 31.1. The van der Waals surface area contributed by atoms with Gasteiger partial charge >= 0.3 is 0 Å². The highest BCUT2D eigenvalue weighted by atomic mass is 35.5. The normalized spacial score (nSPS) is 18.5. The highest BCUT2D eigenvalue weighted by Gasteiger charge is 2.29. The lowest BCUT2D eigenvalue weighted by Crippen LogP contribution is -2.36. The summed E-state index contributed by atoms with van der Waals surface area (Å²) in [6.07, 6.45) is 0.555. The number of carbonyl (C=O) groups is 1. The first-order valence-corrected chi connectivity index (χ1v) is 11.9. The molecule has 2 heterocycles. The topological polar surface area (TPSA) is 79.0 Å². The number of nitrogens with zero attached hydrogens (tertiary/aromatic N) is 2. The molecule has 4 rings (SSSR count). The van der Waals surface area contributed by atoms with E-state index in [0.717, 1.165) is 18.8 Å². The zero-order valence-electron chi connectivity index (χ0n) is 16.1. The first kappa shape index (κ1) is 21.2. The number of sulfonamides is 1. The molecule has 0 aromatic heterocycles. The molecule has 0 radical (unpaired) electrons. The summed E-state index contributed by atoms with van der Waals surface area (Å²) in [5.41, 5.74) is 2.06. The zero-order valence-corrected chi connectivity index (χ0v) is 18.4. The van der Waals surface area contributed by atoms with Gasteiger partial charge in [-0.1, -0.05) is 23.2 Å². The highest BCUT2D eigenvalue weighted by Crippen LogP contribution is 2.30. The van der Waals surface area contributed by atoms with Crippen LogP contribution in [-0.2, 0) is 14.8 Å². The first-order valence-electron chi connectivity index (χ1n) is 9.58. The molecule has 0 atom stereocenters. The number of ether oxygens (including phenoxy) is 1. The molecule has 0 aliphatic carbocycles. The van der Waals surface area contributed by atoms with Crippen LogP contribution in [0.1, 0.15) is 16.8 Å². The third kappa shape index (κ3) is 4.51. The minimum absolute atomic E-state index is 0.101. The molecule has 7 nitrogen and oxygen atoms in total. The van der Waals surface area contributed by atoms with Crippen LogP contribution in [0.25, 0.3) is 0 Å². The van der Waals surface area contributed by atoms with Crippen molar-refractivity contribution in [2.24, 2.45) is 0 Å². The Morgan fingerprint density at radius 3 is 2.47 bits per heavy atom. The van der Waals surface area contributed by atoms with Gasteiger partial charge in [-0.15, -0.1) is 0 Å². The van der Waals surface area contributed by atoms with Crippen LogP contribution in [-0.4, -0.2) is 52.9 Å². The quantitative estimate of drug-likeness (QED) is 0.739. The van der Waals surface area contributed by atoms with Gasteiger partial charge in [0.2, 0.25) is 10.0 Å². The average molecular weight is 470 g/mol. The second-order valence-electron chi connectivity index (χ2n) is 7.16. The molecule has 2 saturated heterocycles. The number of rotatable bonds is 4. The number of benzene rings is 2. The molecular formula is C20H21Cl2N3O4S. The Balaban J connectivity index is 1.58. The van der Waals surface area contributed by atoms with Gasteiger partial charge in [0.05, 0.1) is 35.2 Å². The van der Waals surface area contributed by atoms with Gasteiger partial charge in [0, 0.05) is 36.0 Å². The Kier molecular flexibility index (Phi) is 6.11. The molecule has 2 aromatic rings. The lowest BCUT2D eigenvalue weighted by Gasteiger charge is -2.29. The molecule has 2 aliphatic heterocycles. The fraction of sp³-hybridized carbons (Fsp3) is 0.350. The summed E-state index contributed by atoms with van der Waals surface area (Å²) in [5.74, 6) is -0.335. The van der Waals surface area contributed by atoms with E-state index < -0.39 is 15.9 Å². The summed E-state index contributed by atoms with van der Waals surface area (Å²) in [6, 6.07) is 10.0. The van der Waals surface area contributed by atoms with E-state index in [9.17, 15) is 13.2 Å². The smallest absolute Gasteiger partial charge is 0.257 e. The second-order valence-corrected chi connectivity index (χ2v) is 10.0. The third-order valence-electron chi connectivity index (χ3n) is 5.10. The van der Waals surface area contributed by atoms with Gasteiger partial charge in [-0.3, -0.25) is 9.10 Å². The van der Waals surface area contributed by atoms with E-state index in [1.807, 2.05) is 12.1 Å². The lowest BCUT2D eigenvalue weighted by atomic mass is 10.1. The Labute approximate surface area is 185 Å². The van der Waals surface area contributed by atoms with Crippen LogP contribution in [0.3, 0.4) is 0 Å². The van der Waals surface area contributed by atoms with E-state index >= 15 is 0 Å². The van der Waals surface area contributed by atoms with Gasteiger partial charge in [-0.05, 0) is 42.8 Å². The van der Waals surface area contributed by atoms with Crippen molar-refractivity contribution in [2.45, 2.75) is 6.42 Å². The SMILES string of the molecule is O=C(Nc1cc(Cl)cc(N2CCOCC2)c1)c1cc(N2CCCS2(=O)=O)ccc1Cl. The number of anilines is 3. The van der Waals surface area contributed by atoms with E-state index in [0.29, 0.717) is 42.6 Å². The van der Waals surface area contributed by atoms with E-state index in [-0.39, 0.29) is 16.3 Å². The van der Waals surface area contributed by atoms with Crippen molar-refractivity contribution >= 4 is 56.2 Å². The van der Waals surface area contributed by atoms with Gasteiger partial charge < -0.3 is 15.0 Å². The third-order valence-corrected chi connectivity index (χ3v) is 7.52. The number of morpholine rings is 1. The summed E-state index contributed by atoms with van der Waals surface area (Å²) in [6.45, 7) is 3.14. The molecule has 1 N–H and O–H groups in total. The monoisotopic (exact) mass is 469 g/mol. The van der Waals surface area contributed by atoms with E-state index in [1.54, 1.807) is 12.1 Å². The summed E-state index contributed by atoms with van der Waals surface area (Å²) in [4.78, 5) is 15.1. The minimum atomic E-state index is -3.35. The van der Waals surface area contributed by atoms with Crippen molar-refractivity contribution in [3.05, 3.63) is 52.0 Å². The van der Waals surface area contributed by atoms with Crippen molar-refractivity contribution in [1.29, 1.82) is 0 Å². The summed E-state index contributed by atoms with van der Waals surface area (Å²) in [7, 11) is -3.35. The Morgan fingerprint density at radius 1 is 1.00 bits per heavy atom. The fourth-order valence-corrected chi connectivity index (χ4v) is 5.61. The second kappa shape index (κ2) is 8.63. The molecule has 0 saturated carbocycles. The van der Waals surface area contributed by atoms with Gasteiger partial charge in [0.1, 0.15) is 0 Å². The number of amides is 1. The number of nitrogens with one attached hydrogen (secondary N) is 1. The van der Waals surface area contributed by atoms with Gasteiger partial charge in [0.25, 0.3) is 5.91 Å². The van der Waals surface area contributed by atoms with Crippen molar-refractivity contribution in [1.82, 2.24) is 0 Å². The predicted octanol–water partition coefficient (Wildman–Crippen LogP) is 3.62. The van der Waals surface area contributed by atoms with Crippen LogP contribution in [0.2, 0.25) is 10.0 Å². The lowest BCUT2D eigenvalue weighted by molar-refractivity contribution is 0.102. The number of carbonyl (C=O) groups excluding carboxylic acids is 1. The van der Waals surface area contributed by atoms with Crippen molar-refractivity contribution in [2.75, 3.05) is 53.1 Å². The van der Waals surface area contributed by atoms with E-state index in [2.05, 4.69) is 10.2 Å². The van der Waals surface area contributed by atoms with E-state index in [4.69, 9.17) is 27.9 Å². The minimum Gasteiger partial charge on any atom is -0.378 e. The summed E-state index contributed by atoms with van der Waals surface area (Å²) in [5, 5.41) is 3.56. The zero-order chi connectivity index (χ0) is 21.3. The highest BCUT2D eigenvalue weighted by molar-refractivity contribution is 7.93. The predicted molar refractivity (Wildman–Crippen MR) is 120 cm³/mol. The van der Waals surface area contributed by atoms with Gasteiger partial charge in [-0.25, -0.2) is 8.42 Å². The maximum Gasteiger partial charge on any atom is 0.257 e. The van der Waals surface area contributed by atoms with Crippen LogP contribution < -0.4 is 14.5 Å². The molecule has 1 amide bonds. The standard InChI is InChI=1S/C20H21Cl2N3O4S/c21-14-10-15(12-17(11-14)24-5-7-29-8-6-24)23-20(26)18-13-16(2-3-19(18)22)25-4-1-9-30(25,27)28/h2-3,10-13H,1,4-9H2,(H,23,26). The molecule has 2 fully saturated rings. The Bertz CT molecular complexity index is 1070. The van der Waals surface area contributed by atoms with Gasteiger partial charge in [-0.2, -0.15) is 0 Å². The van der Waals surface area contributed by atoms with Crippen molar-refractivity contribution < 1.29 is 17.9 Å². The maximum absolute atomic E-state index is 12.9.